The molecule has 0 saturated heterocycles. The SMILES string of the molecule is Cc1cc(NN)nc(Cc2ccccc2Cl)n1. The fourth-order valence-electron chi connectivity index (χ4n) is 1.60. The monoisotopic (exact) mass is 248 g/mol. The predicted octanol–water partition coefficient (Wildman–Crippen LogP) is 2.31. The van der Waals surface area contributed by atoms with Crippen molar-refractivity contribution in [2.24, 2.45) is 5.84 Å². The lowest BCUT2D eigenvalue weighted by Gasteiger charge is -2.06. The van der Waals surface area contributed by atoms with Gasteiger partial charge >= 0.3 is 0 Å². The highest BCUT2D eigenvalue weighted by Gasteiger charge is 2.05. The van der Waals surface area contributed by atoms with Crippen molar-refractivity contribution in [2.75, 3.05) is 5.43 Å². The molecule has 1 heterocycles. The molecule has 2 aromatic rings. The van der Waals surface area contributed by atoms with Crippen molar-refractivity contribution in [1.29, 1.82) is 0 Å². The van der Waals surface area contributed by atoms with Crippen LogP contribution in [0.25, 0.3) is 0 Å². The van der Waals surface area contributed by atoms with Gasteiger partial charge in [0.2, 0.25) is 0 Å². The van der Waals surface area contributed by atoms with E-state index in [-0.39, 0.29) is 0 Å². The van der Waals surface area contributed by atoms with Crippen LogP contribution in [0.15, 0.2) is 30.3 Å². The van der Waals surface area contributed by atoms with E-state index in [0.29, 0.717) is 18.1 Å². The number of nitrogens with zero attached hydrogens (tertiary/aromatic N) is 2. The molecule has 2 rings (SSSR count). The summed E-state index contributed by atoms with van der Waals surface area (Å²) in [6.07, 6.45) is 0.593. The van der Waals surface area contributed by atoms with Crippen molar-refractivity contribution in [3.05, 3.63) is 52.4 Å². The van der Waals surface area contributed by atoms with E-state index in [2.05, 4.69) is 15.4 Å². The molecule has 1 aromatic carbocycles. The van der Waals surface area contributed by atoms with Crippen LogP contribution in [0.5, 0.6) is 0 Å². The zero-order valence-corrected chi connectivity index (χ0v) is 10.2. The van der Waals surface area contributed by atoms with Gasteiger partial charge in [-0.05, 0) is 18.6 Å². The van der Waals surface area contributed by atoms with Crippen molar-refractivity contribution >= 4 is 17.4 Å². The van der Waals surface area contributed by atoms with Crippen LogP contribution in [-0.2, 0) is 6.42 Å². The molecule has 88 valence electrons. The molecular weight excluding hydrogens is 236 g/mol. The van der Waals surface area contributed by atoms with Crippen molar-refractivity contribution < 1.29 is 0 Å². The standard InChI is InChI=1S/C12H13ClN4/c1-8-6-12(17-14)16-11(15-8)7-9-4-2-3-5-10(9)13/h2-6H,7,14H2,1H3,(H,15,16,17). The van der Waals surface area contributed by atoms with E-state index < -0.39 is 0 Å². The van der Waals surface area contributed by atoms with Gasteiger partial charge in [-0.3, -0.25) is 0 Å². The molecule has 3 N–H and O–H groups in total. The molecule has 0 spiro atoms. The van der Waals surface area contributed by atoms with Crippen molar-refractivity contribution in [1.82, 2.24) is 9.97 Å². The number of halogens is 1. The molecule has 0 aliphatic heterocycles. The number of benzene rings is 1. The fourth-order valence-corrected chi connectivity index (χ4v) is 1.80. The number of anilines is 1. The van der Waals surface area contributed by atoms with Crippen LogP contribution in [-0.4, -0.2) is 9.97 Å². The molecule has 17 heavy (non-hydrogen) atoms. The number of nitrogens with one attached hydrogen (secondary N) is 1. The maximum atomic E-state index is 6.09. The molecule has 0 fully saturated rings. The maximum absolute atomic E-state index is 6.09. The summed E-state index contributed by atoms with van der Waals surface area (Å²) in [4.78, 5) is 8.64. The first-order valence-electron chi connectivity index (χ1n) is 5.23. The van der Waals surface area contributed by atoms with Gasteiger partial charge in [-0.2, -0.15) is 0 Å². The number of aromatic nitrogens is 2. The van der Waals surface area contributed by atoms with Crippen LogP contribution in [0.2, 0.25) is 5.02 Å². The van der Waals surface area contributed by atoms with Gasteiger partial charge < -0.3 is 5.43 Å². The van der Waals surface area contributed by atoms with Crippen LogP contribution < -0.4 is 11.3 Å². The van der Waals surface area contributed by atoms with Crippen LogP contribution in [0, 0.1) is 6.92 Å². The third-order valence-electron chi connectivity index (χ3n) is 2.35. The third kappa shape index (κ3) is 2.93. The highest BCUT2D eigenvalue weighted by atomic mass is 35.5. The van der Waals surface area contributed by atoms with E-state index in [0.717, 1.165) is 16.3 Å². The Balaban J connectivity index is 2.30. The Labute approximate surface area is 105 Å². The Bertz CT molecular complexity index is 528. The average molecular weight is 249 g/mol. The number of rotatable bonds is 3. The number of hydrogen-bond acceptors (Lipinski definition) is 4. The minimum absolute atomic E-state index is 0.593. The molecule has 0 amide bonds. The van der Waals surface area contributed by atoms with E-state index in [9.17, 15) is 0 Å². The van der Waals surface area contributed by atoms with Crippen LogP contribution >= 0.6 is 11.6 Å². The molecular formula is C12H13ClN4. The second-order valence-electron chi connectivity index (χ2n) is 3.72. The van der Waals surface area contributed by atoms with E-state index in [1.165, 1.54) is 0 Å². The average Bonchev–Trinajstić information content (AvgIpc) is 2.31. The van der Waals surface area contributed by atoms with Gasteiger partial charge in [0.15, 0.2) is 0 Å². The van der Waals surface area contributed by atoms with Gasteiger partial charge in [0, 0.05) is 23.2 Å². The van der Waals surface area contributed by atoms with Gasteiger partial charge in [-0.1, -0.05) is 29.8 Å². The molecule has 0 saturated carbocycles. The summed E-state index contributed by atoms with van der Waals surface area (Å²) in [5.74, 6) is 6.66. The first-order valence-corrected chi connectivity index (χ1v) is 5.61. The first-order chi connectivity index (χ1) is 8.19. The summed E-state index contributed by atoms with van der Waals surface area (Å²) in [7, 11) is 0. The smallest absolute Gasteiger partial charge is 0.143 e. The molecule has 0 radical (unpaired) electrons. The minimum Gasteiger partial charge on any atom is -0.308 e. The summed E-state index contributed by atoms with van der Waals surface area (Å²) < 4.78 is 0. The van der Waals surface area contributed by atoms with E-state index >= 15 is 0 Å². The van der Waals surface area contributed by atoms with Crippen molar-refractivity contribution in [2.45, 2.75) is 13.3 Å². The molecule has 4 nitrogen and oxygen atoms in total. The largest absolute Gasteiger partial charge is 0.308 e. The molecule has 0 unspecified atom stereocenters. The van der Waals surface area contributed by atoms with Gasteiger partial charge in [0.05, 0.1) is 0 Å². The van der Waals surface area contributed by atoms with E-state index in [1.807, 2.05) is 31.2 Å². The molecule has 0 atom stereocenters. The van der Waals surface area contributed by atoms with Crippen LogP contribution in [0.1, 0.15) is 17.1 Å². The normalized spacial score (nSPS) is 10.3. The van der Waals surface area contributed by atoms with E-state index in [4.69, 9.17) is 17.4 Å². The second kappa shape index (κ2) is 5.12. The summed E-state index contributed by atoms with van der Waals surface area (Å²) in [6.45, 7) is 1.90. The number of hydrazine groups is 1. The molecule has 1 aromatic heterocycles. The van der Waals surface area contributed by atoms with Crippen LogP contribution in [0.4, 0.5) is 5.82 Å². The summed E-state index contributed by atoms with van der Waals surface area (Å²) in [6, 6.07) is 9.45. The lowest BCUT2D eigenvalue weighted by molar-refractivity contribution is 0.940. The lowest BCUT2D eigenvalue weighted by atomic mass is 10.1. The second-order valence-corrected chi connectivity index (χ2v) is 4.13. The molecule has 5 heteroatoms. The minimum atomic E-state index is 0.593. The van der Waals surface area contributed by atoms with E-state index in [1.54, 1.807) is 6.07 Å². The maximum Gasteiger partial charge on any atom is 0.143 e. The zero-order chi connectivity index (χ0) is 12.3. The Morgan fingerprint density at radius 2 is 2.06 bits per heavy atom. The highest BCUT2D eigenvalue weighted by Crippen LogP contribution is 2.18. The van der Waals surface area contributed by atoms with Gasteiger partial charge in [-0.15, -0.1) is 0 Å². The third-order valence-corrected chi connectivity index (χ3v) is 2.72. The molecule has 0 bridgehead atoms. The van der Waals surface area contributed by atoms with Gasteiger partial charge in [0.1, 0.15) is 11.6 Å². The number of nitrogens with two attached hydrogens (primary N) is 1. The Kier molecular flexibility index (Phi) is 3.56. The van der Waals surface area contributed by atoms with Crippen molar-refractivity contribution in [3.63, 3.8) is 0 Å². The molecule has 0 aliphatic rings. The topological polar surface area (TPSA) is 63.8 Å². The Morgan fingerprint density at radius 3 is 2.76 bits per heavy atom. The summed E-state index contributed by atoms with van der Waals surface area (Å²) >= 11 is 6.09. The number of nitrogen functional groups attached to an aromatic ring is 1. The van der Waals surface area contributed by atoms with Crippen molar-refractivity contribution in [3.8, 4) is 0 Å². The predicted molar refractivity (Wildman–Crippen MR) is 68.8 cm³/mol. The Hall–Kier alpha value is -1.65. The van der Waals surface area contributed by atoms with Gasteiger partial charge in [0.25, 0.3) is 0 Å². The fraction of sp³-hybridized carbons (Fsp3) is 0.167. The lowest BCUT2D eigenvalue weighted by Crippen LogP contribution is -2.11. The highest BCUT2D eigenvalue weighted by molar-refractivity contribution is 6.31. The quantitative estimate of drug-likeness (QED) is 0.646. The summed E-state index contributed by atoms with van der Waals surface area (Å²) in [5, 5.41) is 0.722. The zero-order valence-electron chi connectivity index (χ0n) is 9.44. The number of aryl methyl sites for hydroxylation is 1. The van der Waals surface area contributed by atoms with Gasteiger partial charge in [-0.25, -0.2) is 15.8 Å². The number of hydrogen-bond donors (Lipinski definition) is 2. The molecule has 0 aliphatic carbocycles. The Morgan fingerprint density at radius 1 is 1.29 bits per heavy atom. The summed E-state index contributed by atoms with van der Waals surface area (Å²) in [5.41, 5.74) is 4.40. The van der Waals surface area contributed by atoms with Crippen LogP contribution in [0.3, 0.4) is 0 Å². The first kappa shape index (κ1) is 11.8.